The van der Waals surface area contributed by atoms with Gasteiger partial charge in [0.2, 0.25) is 0 Å². The molecule has 4 rings (SSSR count). The quantitative estimate of drug-likeness (QED) is 0.444. The number of nitrogens with two attached hydrogens (primary N) is 2. The van der Waals surface area contributed by atoms with Crippen molar-refractivity contribution < 1.29 is 4.74 Å². The molecule has 132 valence electrons. The van der Waals surface area contributed by atoms with Crippen molar-refractivity contribution in [2.45, 2.75) is 0 Å². The van der Waals surface area contributed by atoms with Crippen LogP contribution in [0.25, 0.3) is 22.3 Å². The number of para-hydroxylation sites is 2. The SMILES string of the molecule is Nc1c(Oc2cccc(-c3ccccc3)c2N)cccc1-c1ccccc1. The van der Waals surface area contributed by atoms with Gasteiger partial charge in [-0.2, -0.15) is 0 Å². The Kier molecular flexibility index (Phi) is 4.50. The monoisotopic (exact) mass is 352 g/mol. The Labute approximate surface area is 158 Å². The third-order valence-corrected chi connectivity index (χ3v) is 4.52. The minimum atomic E-state index is 0.591. The highest BCUT2D eigenvalue weighted by Gasteiger charge is 2.12. The van der Waals surface area contributed by atoms with Gasteiger partial charge in [-0.15, -0.1) is 0 Å². The van der Waals surface area contributed by atoms with Crippen molar-refractivity contribution in [1.29, 1.82) is 0 Å². The molecule has 0 saturated carbocycles. The fourth-order valence-corrected chi connectivity index (χ4v) is 3.12. The van der Waals surface area contributed by atoms with Crippen LogP contribution >= 0.6 is 0 Å². The minimum Gasteiger partial charge on any atom is -0.453 e. The molecule has 0 aliphatic heterocycles. The molecule has 0 saturated heterocycles. The highest BCUT2D eigenvalue weighted by atomic mass is 16.5. The molecule has 0 heterocycles. The first-order valence-corrected chi connectivity index (χ1v) is 8.79. The van der Waals surface area contributed by atoms with Gasteiger partial charge >= 0.3 is 0 Å². The van der Waals surface area contributed by atoms with Crippen molar-refractivity contribution in [3.05, 3.63) is 97.1 Å². The third-order valence-electron chi connectivity index (χ3n) is 4.52. The average molecular weight is 352 g/mol. The van der Waals surface area contributed by atoms with E-state index < -0.39 is 0 Å². The molecule has 0 bridgehead atoms. The molecule has 0 aliphatic rings. The van der Waals surface area contributed by atoms with Crippen LogP contribution in [0.4, 0.5) is 11.4 Å². The Morgan fingerprint density at radius 3 is 1.26 bits per heavy atom. The summed E-state index contributed by atoms with van der Waals surface area (Å²) in [4.78, 5) is 0. The largest absolute Gasteiger partial charge is 0.453 e. The second-order valence-electron chi connectivity index (χ2n) is 6.27. The third kappa shape index (κ3) is 3.35. The van der Waals surface area contributed by atoms with Crippen molar-refractivity contribution in [1.82, 2.24) is 0 Å². The van der Waals surface area contributed by atoms with Crippen LogP contribution in [0, 0.1) is 0 Å². The molecule has 4 aromatic carbocycles. The van der Waals surface area contributed by atoms with Crippen LogP contribution in [0.15, 0.2) is 97.1 Å². The lowest BCUT2D eigenvalue weighted by molar-refractivity contribution is 0.488. The molecule has 27 heavy (non-hydrogen) atoms. The molecule has 0 aromatic heterocycles. The summed E-state index contributed by atoms with van der Waals surface area (Å²) in [7, 11) is 0. The molecule has 4 aromatic rings. The second-order valence-corrected chi connectivity index (χ2v) is 6.27. The Balaban J connectivity index is 1.72. The van der Waals surface area contributed by atoms with Crippen molar-refractivity contribution in [3.8, 4) is 33.8 Å². The van der Waals surface area contributed by atoms with Crippen molar-refractivity contribution in [3.63, 3.8) is 0 Å². The van der Waals surface area contributed by atoms with Gasteiger partial charge in [0.1, 0.15) is 0 Å². The first kappa shape index (κ1) is 16.7. The maximum Gasteiger partial charge on any atom is 0.151 e. The van der Waals surface area contributed by atoms with Gasteiger partial charge in [0, 0.05) is 11.1 Å². The highest BCUT2D eigenvalue weighted by Crippen LogP contribution is 2.39. The molecular formula is C24H20N2O. The number of hydrogen-bond acceptors (Lipinski definition) is 3. The summed E-state index contributed by atoms with van der Waals surface area (Å²) in [6.07, 6.45) is 0. The Morgan fingerprint density at radius 2 is 0.852 bits per heavy atom. The maximum absolute atomic E-state index is 6.40. The molecule has 0 aliphatic carbocycles. The fraction of sp³-hybridized carbons (Fsp3) is 0. The minimum absolute atomic E-state index is 0.591. The maximum atomic E-state index is 6.40. The Hall–Kier alpha value is -3.72. The van der Waals surface area contributed by atoms with E-state index in [2.05, 4.69) is 0 Å². The van der Waals surface area contributed by atoms with Crippen LogP contribution in [0.3, 0.4) is 0 Å². The molecule has 0 amide bonds. The van der Waals surface area contributed by atoms with Gasteiger partial charge in [-0.3, -0.25) is 0 Å². The molecule has 0 fully saturated rings. The van der Waals surface area contributed by atoms with Crippen LogP contribution in [0.2, 0.25) is 0 Å². The van der Waals surface area contributed by atoms with E-state index in [0.29, 0.717) is 22.9 Å². The molecule has 4 N–H and O–H groups in total. The van der Waals surface area contributed by atoms with E-state index in [-0.39, 0.29) is 0 Å². The number of rotatable bonds is 4. The summed E-state index contributed by atoms with van der Waals surface area (Å²) >= 11 is 0. The van der Waals surface area contributed by atoms with E-state index in [4.69, 9.17) is 16.2 Å². The van der Waals surface area contributed by atoms with E-state index in [9.17, 15) is 0 Å². The van der Waals surface area contributed by atoms with Crippen molar-refractivity contribution in [2.24, 2.45) is 0 Å². The summed E-state index contributed by atoms with van der Waals surface area (Å²) in [6.45, 7) is 0. The summed E-state index contributed by atoms with van der Waals surface area (Å²) < 4.78 is 6.11. The van der Waals surface area contributed by atoms with Gasteiger partial charge in [0.25, 0.3) is 0 Å². The van der Waals surface area contributed by atoms with Crippen LogP contribution in [0.1, 0.15) is 0 Å². The first-order chi connectivity index (χ1) is 13.2. The fourth-order valence-electron chi connectivity index (χ4n) is 3.12. The van der Waals surface area contributed by atoms with Gasteiger partial charge < -0.3 is 16.2 Å². The standard InChI is InChI=1S/C24H20N2O/c25-23-19(17-9-3-1-4-10-17)13-7-15-21(23)27-22-16-8-14-20(24(22)26)18-11-5-2-6-12-18/h1-16H,25-26H2. The molecule has 0 atom stereocenters. The number of ether oxygens (including phenoxy) is 1. The predicted octanol–water partition coefficient (Wildman–Crippen LogP) is 5.98. The van der Waals surface area contributed by atoms with E-state index in [1.807, 2.05) is 97.1 Å². The average Bonchev–Trinajstić information content (AvgIpc) is 2.72. The van der Waals surface area contributed by atoms with Crippen LogP contribution in [0.5, 0.6) is 11.5 Å². The molecule has 0 radical (unpaired) electrons. The lowest BCUT2D eigenvalue weighted by Gasteiger charge is -2.15. The number of hydrogen-bond donors (Lipinski definition) is 2. The van der Waals surface area contributed by atoms with Gasteiger partial charge in [0.15, 0.2) is 11.5 Å². The van der Waals surface area contributed by atoms with Crippen LogP contribution in [-0.4, -0.2) is 0 Å². The zero-order valence-electron chi connectivity index (χ0n) is 14.8. The van der Waals surface area contributed by atoms with Gasteiger partial charge in [-0.05, 0) is 23.3 Å². The van der Waals surface area contributed by atoms with E-state index >= 15 is 0 Å². The zero-order chi connectivity index (χ0) is 18.6. The smallest absolute Gasteiger partial charge is 0.151 e. The van der Waals surface area contributed by atoms with E-state index in [1.54, 1.807) is 0 Å². The van der Waals surface area contributed by atoms with Crippen molar-refractivity contribution >= 4 is 11.4 Å². The van der Waals surface area contributed by atoms with Crippen LogP contribution in [-0.2, 0) is 0 Å². The topological polar surface area (TPSA) is 61.3 Å². The van der Waals surface area contributed by atoms with Gasteiger partial charge in [-0.1, -0.05) is 84.9 Å². The normalized spacial score (nSPS) is 10.5. The molecule has 0 spiro atoms. The molecule has 3 heteroatoms. The first-order valence-electron chi connectivity index (χ1n) is 8.79. The molecule has 0 unspecified atom stereocenters. The van der Waals surface area contributed by atoms with E-state index in [0.717, 1.165) is 22.3 Å². The molecular weight excluding hydrogens is 332 g/mol. The van der Waals surface area contributed by atoms with E-state index in [1.165, 1.54) is 0 Å². The summed E-state index contributed by atoms with van der Waals surface area (Å²) in [6, 6.07) is 31.6. The second kappa shape index (κ2) is 7.26. The summed E-state index contributed by atoms with van der Waals surface area (Å²) in [5.41, 5.74) is 17.9. The number of nitrogen functional groups attached to an aromatic ring is 2. The Bertz CT molecular complexity index is 973. The number of benzene rings is 4. The summed E-state index contributed by atoms with van der Waals surface area (Å²) in [5.74, 6) is 1.18. The highest BCUT2D eigenvalue weighted by molar-refractivity contribution is 5.83. The number of anilines is 2. The van der Waals surface area contributed by atoms with Crippen molar-refractivity contribution in [2.75, 3.05) is 11.5 Å². The van der Waals surface area contributed by atoms with Gasteiger partial charge in [-0.25, -0.2) is 0 Å². The molecule has 3 nitrogen and oxygen atoms in total. The lowest BCUT2D eigenvalue weighted by Crippen LogP contribution is -1.98. The Morgan fingerprint density at radius 1 is 0.444 bits per heavy atom. The van der Waals surface area contributed by atoms with Gasteiger partial charge in [0.05, 0.1) is 11.4 Å². The zero-order valence-corrected chi connectivity index (χ0v) is 14.8. The summed E-state index contributed by atoms with van der Waals surface area (Å²) in [5, 5.41) is 0. The van der Waals surface area contributed by atoms with Crippen LogP contribution < -0.4 is 16.2 Å². The lowest BCUT2D eigenvalue weighted by atomic mass is 10.0. The predicted molar refractivity (Wildman–Crippen MR) is 113 cm³/mol.